The number of halogens is 11. The number of amides is 1. The van der Waals surface area contributed by atoms with E-state index in [1.165, 1.54) is 5.43 Å². The van der Waals surface area contributed by atoms with Crippen molar-refractivity contribution in [2.75, 3.05) is 5.43 Å². The smallest absolute Gasteiger partial charge is 0.540 e. The summed E-state index contributed by atoms with van der Waals surface area (Å²) in [7, 11) is 0. The number of hydrogen-bond acceptors (Lipinski definition) is 5. The van der Waals surface area contributed by atoms with Crippen molar-refractivity contribution in [3.63, 3.8) is 0 Å². The van der Waals surface area contributed by atoms with Crippen molar-refractivity contribution in [3.05, 3.63) is 22.7 Å². The Kier molecular flexibility index (Phi) is 8.73. The maximum atomic E-state index is 14.1. The largest absolute Gasteiger partial charge is 1.00 e. The minimum Gasteiger partial charge on any atom is -0.540 e. The van der Waals surface area contributed by atoms with Gasteiger partial charge in [-0.15, -0.1) is 13.2 Å². The third kappa shape index (κ3) is 6.18. The predicted octanol–water partition coefficient (Wildman–Crippen LogP) is -0.275. The molecule has 0 saturated carbocycles. The van der Waals surface area contributed by atoms with E-state index in [4.69, 9.17) is 11.6 Å². The molecule has 0 aromatic heterocycles. The van der Waals surface area contributed by atoms with Crippen LogP contribution in [0.25, 0.3) is 0 Å². The molecule has 1 rings (SSSR count). The first-order valence-electron chi connectivity index (χ1n) is 6.50. The van der Waals surface area contributed by atoms with E-state index < -0.39 is 64.3 Å². The standard InChI is InChI=1S/C12H5ClF10N2O4.Na/c13-4-1-3(9(14,10(15,16)17)11(18,19)20)2-5(29-12(21,22)23)6(4)24-25-7(26)8(27)28;/h1-2,24H,(H,25,26)(H,27,28);/q;+1/p-1. The number of aliphatic carboxylic acids is 1. The van der Waals surface area contributed by atoms with Gasteiger partial charge in [0.05, 0.1) is 5.02 Å². The summed E-state index contributed by atoms with van der Waals surface area (Å²) >= 11 is 5.31. The normalized spacial score (nSPS) is 12.6. The maximum Gasteiger partial charge on any atom is 1.00 e. The van der Waals surface area contributed by atoms with Gasteiger partial charge in [0.1, 0.15) is 11.7 Å². The van der Waals surface area contributed by atoms with Crippen LogP contribution in [0.3, 0.4) is 0 Å². The van der Waals surface area contributed by atoms with E-state index in [-0.39, 0.29) is 35.6 Å². The molecule has 164 valence electrons. The van der Waals surface area contributed by atoms with Gasteiger partial charge in [-0.2, -0.15) is 26.3 Å². The van der Waals surface area contributed by atoms with Crippen LogP contribution >= 0.6 is 11.6 Å². The molecular formula is C12H4ClF10N2NaO4. The molecule has 2 N–H and O–H groups in total. The number of benzene rings is 1. The summed E-state index contributed by atoms with van der Waals surface area (Å²) in [6.07, 6.45) is -19.1. The molecule has 0 saturated heterocycles. The van der Waals surface area contributed by atoms with Crippen molar-refractivity contribution >= 4 is 29.2 Å². The fraction of sp³-hybridized carbons (Fsp3) is 0.333. The number of hydrogen-bond donors (Lipinski definition) is 2. The summed E-state index contributed by atoms with van der Waals surface area (Å²) in [5.41, 5.74) is -7.38. The van der Waals surface area contributed by atoms with Gasteiger partial charge in [-0.05, 0) is 12.1 Å². The Bertz CT molecular complexity index is 798. The summed E-state index contributed by atoms with van der Waals surface area (Å²) < 4.78 is 131. The fourth-order valence-corrected chi connectivity index (χ4v) is 2.02. The van der Waals surface area contributed by atoms with Crippen LogP contribution in [-0.4, -0.2) is 30.6 Å². The van der Waals surface area contributed by atoms with Crippen LogP contribution in [0.4, 0.5) is 49.6 Å². The number of carboxylic acid groups (broad SMARTS) is 1. The van der Waals surface area contributed by atoms with Gasteiger partial charge in [-0.3, -0.25) is 15.6 Å². The minimum absolute atomic E-state index is 0. The average Bonchev–Trinajstić information content (AvgIpc) is 2.48. The summed E-state index contributed by atoms with van der Waals surface area (Å²) in [5, 5.41) is 8.78. The first kappa shape index (κ1) is 28.4. The Morgan fingerprint density at radius 2 is 1.40 bits per heavy atom. The van der Waals surface area contributed by atoms with Crippen LogP contribution in [-0.2, 0) is 15.3 Å². The van der Waals surface area contributed by atoms with Crippen molar-refractivity contribution in [1.29, 1.82) is 0 Å². The number of hydrazine groups is 1. The van der Waals surface area contributed by atoms with Crippen LogP contribution in [0.1, 0.15) is 5.56 Å². The number of carboxylic acids is 1. The zero-order chi connectivity index (χ0) is 23.0. The van der Waals surface area contributed by atoms with Crippen molar-refractivity contribution in [2.24, 2.45) is 0 Å². The fourth-order valence-electron chi connectivity index (χ4n) is 1.77. The van der Waals surface area contributed by atoms with Crippen LogP contribution < -0.4 is 50.3 Å². The topological polar surface area (TPSA) is 90.5 Å². The Balaban J connectivity index is 0.00000841. The molecule has 1 aromatic carbocycles. The first-order chi connectivity index (χ1) is 12.8. The number of anilines is 1. The molecule has 0 fully saturated rings. The molecule has 0 atom stereocenters. The Hall–Kier alpha value is -1.65. The van der Waals surface area contributed by atoms with Gasteiger partial charge in [-0.1, -0.05) is 11.6 Å². The number of nitrogens with one attached hydrogen (secondary N) is 2. The molecule has 0 aliphatic carbocycles. The third-order valence-corrected chi connectivity index (χ3v) is 3.24. The van der Waals surface area contributed by atoms with E-state index in [1.807, 2.05) is 0 Å². The van der Waals surface area contributed by atoms with Crippen molar-refractivity contribution in [3.8, 4) is 5.75 Å². The second-order valence-electron chi connectivity index (χ2n) is 4.90. The molecule has 1 aromatic rings. The van der Waals surface area contributed by atoms with Crippen LogP contribution in [0.5, 0.6) is 5.75 Å². The Morgan fingerprint density at radius 3 is 1.77 bits per heavy atom. The zero-order valence-corrected chi connectivity index (χ0v) is 16.7. The number of ether oxygens (including phenoxy) is 1. The predicted molar refractivity (Wildman–Crippen MR) is 69.8 cm³/mol. The van der Waals surface area contributed by atoms with E-state index in [1.54, 1.807) is 0 Å². The van der Waals surface area contributed by atoms with Gasteiger partial charge >= 0.3 is 53.9 Å². The van der Waals surface area contributed by atoms with Crippen LogP contribution in [0, 0.1) is 0 Å². The summed E-state index contributed by atoms with van der Waals surface area (Å²) in [5.74, 6) is -6.40. The van der Waals surface area contributed by atoms with Crippen molar-refractivity contribution in [2.45, 2.75) is 24.4 Å². The van der Waals surface area contributed by atoms with Gasteiger partial charge < -0.3 is 14.6 Å². The van der Waals surface area contributed by atoms with E-state index in [0.717, 1.165) is 5.43 Å². The molecule has 0 radical (unpaired) electrons. The summed E-state index contributed by atoms with van der Waals surface area (Å²) in [6.45, 7) is 0. The maximum absolute atomic E-state index is 14.1. The van der Waals surface area contributed by atoms with Gasteiger partial charge in [-0.25, -0.2) is 4.39 Å². The van der Waals surface area contributed by atoms with Crippen molar-refractivity contribution in [1.82, 2.24) is 5.43 Å². The molecule has 6 nitrogen and oxygen atoms in total. The molecule has 0 aliphatic heterocycles. The van der Waals surface area contributed by atoms with Crippen LogP contribution in [0.2, 0.25) is 5.02 Å². The molecular weight excluding hydrogens is 485 g/mol. The third-order valence-electron chi connectivity index (χ3n) is 2.95. The van der Waals surface area contributed by atoms with E-state index >= 15 is 0 Å². The molecule has 30 heavy (non-hydrogen) atoms. The quantitative estimate of drug-likeness (QED) is 0.264. The SMILES string of the molecule is O=C([O-])C(=O)NNc1c(Cl)cc(C(F)(C(F)(F)F)C(F)(F)F)cc1OC(F)(F)F.[Na+]. The van der Waals surface area contributed by atoms with Gasteiger partial charge in [0, 0.05) is 5.56 Å². The zero-order valence-electron chi connectivity index (χ0n) is 13.9. The van der Waals surface area contributed by atoms with E-state index in [0.29, 0.717) is 0 Å². The molecule has 0 unspecified atom stereocenters. The number of carbonyl (C=O) groups is 2. The summed E-state index contributed by atoms with van der Waals surface area (Å²) in [6, 6.07) is -0.979. The molecule has 18 heteroatoms. The molecule has 0 aliphatic rings. The molecule has 0 bridgehead atoms. The molecule has 0 heterocycles. The number of carbonyl (C=O) groups excluding carboxylic acids is 2. The minimum atomic E-state index is -6.68. The monoisotopic (exact) mass is 488 g/mol. The second-order valence-corrected chi connectivity index (χ2v) is 5.31. The van der Waals surface area contributed by atoms with E-state index in [2.05, 4.69) is 4.74 Å². The Labute approximate surface area is 185 Å². The molecule has 0 spiro atoms. The van der Waals surface area contributed by atoms with E-state index in [9.17, 15) is 58.6 Å². The number of alkyl halides is 10. The van der Waals surface area contributed by atoms with Gasteiger partial charge in [0.2, 0.25) is 0 Å². The van der Waals surface area contributed by atoms with Gasteiger partial charge in [0.25, 0.3) is 5.91 Å². The first-order valence-corrected chi connectivity index (χ1v) is 6.88. The van der Waals surface area contributed by atoms with Crippen molar-refractivity contribution < 1.29 is 92.9 Å². The second kappa shape index (κ2) is 9.23. The summed E-state index contributed by atoms with van der Waals surface area (Å²) in [4.78, 5) is 21.0. The van der Waals surface area contributed by atoms with Gasteiger partial charge in [0.15, 0.2) is 5.75 Å². The number of rotatable bonds is 4. The molecule has 1 amide bonds. The van der Waals surface area contributed by atoms with Crippen LogP contribution in [0.15, 0.2) is 12.1 Å². The average molecular weight is 489 g/mol. The Morgan fingerprint density at radius 1 is 0.933 bits per heavy atom.